The molecule has 1 rings (SSSR count). The van der Waals surface area contributed by atoms with Gasteiger partial charge in [0.1, 0.15) is 5.82 Å². The predicted molar refractivity (Wildman–Crippen MR) is 61.0 cm³/mol. The molecule has 0 unspecified atom stereocenters. The summed E-state index contributed by atoms with van der Waals surface area (Å²) in [5.41, 5.74) is 0.362. The Hall–Kier alpha value is -1.43. The molecule has 0 spiro atoms. The van der Waals surface area contributed by atoms with Gasteiger partial charge in [0.25, 0.3) is 0 Å². The molecule has 0 aliphatic heterocycles. The second-order valence-electron chi connectivity index (χ2n) is 3.98. The summed E-state index contributed by atoms with van der Waals surface area (Å²) in [7, 11) is -3.31. The van der Waals surface area contributed by atoms with Crippen LogP contribution in [0.4, 0.5) is 4.39 Å². The quantitative estimate of drug-likeness (QED) is 0.891. The monoisotopic (exact) mass is 260 g/mol. The predicted octanol–water partition coefficient (Wildman–Crippen LogP) is 1.56. The normalized spacial score (nSPS) is 13.4. The van der Waals surface area contributed by atoms with Crippen LogP contribution >= 0.6 is 0 Å². The van der Waals surface area contributed by atoms with Crippen LogP contribution < -0.4 is 0 Å². The van der Waals surface area contributed by atoms with Crippen molar-refractivity contribution in [1.82, 2.24) is 0 Å². The van der Waals surface area contributed by atoms with E-state index < -0.39 is 27.5 Å². The first-order valence-corrected chi connectivity index (χ1v) is 6.95. The van der Waals surface area contributed by atoms with Crippen molar-refractivity contribution in [1.29, 1.82) is 0 Å². The number of rotatable bonds is 4. The number of carboxylic acids is 1. The van der Waals surface area contributed by atoms with Crippen LogP contribution in [-0.4, -0.2) is 25.7 Å². The molecule has 1 aromatic carbocycles. The molecule has 0 saturated heterocycles. The highest BCUT2D eigenvalue weighted by Gasteiger charge is 2.16. The Kier molecular flexibility index (Phi) is 3.87. The van der Waals surface area contributed by atoms with Gasteiger partial charge in [-0.25, -0.2) is 12.8 Å². The van der Waals surface area contributed by atoms with Gasteiger partial charge in [0.2, 0.25) is 0 Å². The Balaban J connectivity index is 3.06. The summed E-state index contributed by atoms with van der Waals surface area (Å²) >= 11 is 0. The van der Waals surface area contributed by atoms with Crippen molar-refractivity contribution >= 4 is 15.8 Å². The standard InChI is InChI=1S/C11H13FO4S/c1-7(11(13)14)8-3-4-9(10(12)5-8)6-17(2,15)16/h3-5,7H,6H2,1-2H3,(H,13,14)/t7-/m1/s1. The first kappa shape index (κ1) is 13.6. The van der Waals surface area contributed by atoms with Gasteiger partial charge in [0, 0.05) is 11.8 Å². The number of aliphatic carboxylic acids is 1. The Morgan fingerprint density at radius 2 is 2.06 bits per heavy atom. The van der Waals surface area contributed by atoms with Gasteiger partial charge in [-0.1, -0.05) is 12.1 Å². The number of sulfone groups is 1. The first-order valence-electron chi connectivity index (χ1n) is 4.89. The summed E-state index contributed by atoms with van der Waals surface area (Å²) in [5.74, 6) is -2.96. The molecule has 94 valence electrons. The molecule has 0 heterocycles. The highest BCUT2D eigenvalue weighted by Crippen LogP contribution is 2.20. The average molecular weight is 260 g/mol. The second-order valence-corrected chi connectivity index (χ2v) is 6.12. The Labute approximate surface area is 99.0 Å². The number of hydrogen-bond acceptors (Lipinski definition) is 3. The molecule has 4 nitrogen and oxygen atoms in total. The van der Waals surface area contributed by atoms with E-state index in [2.05, 4.69) is 0 Å². The van der Waals surface area contributed by atoms with Crippen molar-refractivity contribution in [2.75, 3.05) is 6.26 Å². The van der Waals surface area contributed by atoms with Crippen molar-refractivity contribution in [2.45, 2.75) is 18.6 Å². The van der Waals surface area contributed by atoms with Crippen LogP contribution in [0, 0.1) is 5.82 Å². The number of carbonyl (C=O) groups is 1. The molecular weight excluding hydrogens is 247 g/mol. The van der Waals surface area contributed by atoms with E-state index in [1.807, 2.05) is 0 Å². The maximum Gasteiger partial charge on any atom is 0.310 e. The smallest absolute Gasteiger partial charge is 0.310 e. The third kappa shape index (κ3) is 3.81. The largest absolute Gasteiger partial charge is 0.481 e. The fourth-order valence-electron chi connectivity index (χ4n) is 1.38. The van der Waals surface area contributed by atoms with Gasteiger partial charge < -0.3 is 5.11 Å². The summed E-state index contributed by atoms with van der Waals surface area (Å²) < 4.78 is 35.6. The molecule has 0 saturated carbocycles. The van der Waals surface area contributed by atoms with Crippen LogP contribution in [0.5, 0.6) is 0 Å². The topological polar surface area (TPSA) is 71.4 Å². The maximum atomic E-state index is 13.5. The highest BCUT2D eigenvalue weighted by atomic mass is 32.2. The molecule has 0 radical (unpaired) electrons. The summed E-state index contributed by atoms with van der Waals surface area (Å²) in [5, 5.41) is 8.76. The average Bonchev–Trinajstić information content (AvgIpc) is 2.18. The van der Waals surface area contributed by atoms with Gasteiger partial charge in [0.05, 0.1) is 11.7 Å². The minimum atomic E-state index is -3.31. The van der Waals surface area contributed by atoms with Crippen LogP contribution in [0.3, 0.4) is 0 Å². The minimum Gasteiger partial charge on any atom is -0.481 e. The SMILES string of the molecule is C[C@@H](C(=O)O)c1ccc(CS(C)(=O)=O)c(F)c1. The number of halogens is 1. The summed E-state index contributed by atoms with van der Waals surface area (Å²) in [4.78, 5) is 10.7. The third-order valence-electron chi connectivity index (χ3n) is 2.37. The molecule has 0 bridgehead atoms. The van der Waals surface area contributed by atoms with Gasteiger partial charge in [-0.3, -0.25) is 4.79 Å². The Bertz CT molecular complexity index is 536. The zero-order valence-corrected chi connectivity index (χ0v) is 10.3. The van der Waals surface area contributed by atoms with Crippen LogP contribution in [0.15, 0.2) is 18.2 Å². The Morgan fingerprint density at radius 3 is 2.47 bits per heavy atom. The van der Waals surface area contributed by atoms with Crippen molar-refractivity contribution in [2.24, 2.45) is 0 Å². The van der Waals surface area contributed by atoms with Crippen LogP contribution in [0.25, 0.3) is 0 Å². The molecule has 17 heavy (non-hydrogen) atoms. The van der Waals surface area contributed by atoms with Gasteiger partial charge in [0.15, 0.2) is 9.84 Å². The molecule has 0 amide bonds. The van der Waals surface area contributed by atoms with E-state index >= 15 is 0 Å². The van der Waals surface area contributed by atoms with E-state index in [-0.39, 0.29) is 11.3 Å². The molecule has 0 aromatic heterocycles. The molecule has 6 heteroatoms. The lowest BCUT2D eigenvalue weighted by Gasteiger charge is -2.08. The third-order valence-corrected chi connectivity index (χ3v) is 3.20. The van der Waals surface area contributed by atoms with E-state index in [1.165, 1.54) is 19.1 Å². The second kappa shape index (κ2) is 4.83. The van der Waals surface area contributed by atoms with Gasteiger partial charge in [-0.15, -0.1) is 0 Å². The molecule has 1 N–H and O–H groups in total. The molecule has 1 aromatic rings. The zero-order chi connectivity index (χ0) is 13.2. The molecule has 0 fully saturated rings. The van der Waals surface area contributed by atoms with E-state index in [4.69, 9.17) is 5.11 Å². The number of benzene rings is 1. The first-order chi connectivity index (χ1) is 7.70. The lowest BCUT2D eigenvalue weighted by atomic mass is 10.00. The van der Waals surface area contributed by atoms with Gasteiger partial charge >= 0.3 is 5.97 Å². The van der Waals surface area contributed by atoms with Crippen molar-refractivity contribution in [3.05, 3.63) is 35.1 Å². The van der Waals surface area contributed by atoms with Crippen molar-refractivity contribution in [3.8, 4) is 0 Å². The molecule has 0 aliphatic rings. The summed E-state index contributed by atoms with van der Waals surface area (Å²) in [6, 6.07) is 3.81. The Morgan fingerprint density at radius 1 is 1.47 bits per heavy atom. The lowest BCUT2D eigenvalue weighted by Crippen LogP contribution is -2.09. The summed E-state index contributed by atoms with van der Waals surface area (Å²) in [6.07, 6.45) is 1.01. The van der Waals surface area contributed by atoms with Crippen LogP contribution in [-0.2, 0) is 20.4 Å². The van der Waals surface area contributed by atoms with E-state index in [9.17, 15) is 17.6 Å². The number of hydrogen-bond donors (Lipinski definition) is 1. The van der Waals surface area contributed by atoms with E-state index in [0.717, 1.165) is 12.3 Å². The minimum absolute atomic E-state index is 0.0499. The fraction of sp³-hybridized carbons (Fsp3) is 0.364. The fourth-order valence-corrected chi connectivity index (χ4v) is 2.17. The van der Waals surface area contributed by atoms with Crippen LogP contribution in [0.1, 0.15) is 24.0 Å². The molecule has 0 aliphatic carbocycles. The van der Waals surface area contributed by atoms with Crippen LogP contribution in [0.2, 0.25) is 0 Å². The summed E-state index contributed by atoms with van der Waals surface area (Å²) in [6.45, 7) is 1.44. The van der Waals surface area contributed by atoms with Gasteiger partial charge in [-0.05, 0) is 18.6 Å². The van der Waals surface area contributed by atoms with E-state index in [0.29, 0.717) is 5.56 Å². The van der Waals surface area contributed by atoms with Crippen molar-refractivity contribution in [3.63, 3.8) is 0 Å². The molecule has 1 atom stereocenters. The molecular formula is C11H13FO4S. The highest BCUT2D eigenvalue weighted by molar-refractivity contribution is 7.89. The van der Waals surface area contributed by atoms with Gasteiger partial charge in [-0.2, -0.15) is 0 Å². The number of carboxylic acid groups (broad SMARTS) is 1. The zero-order valence-electron chi connectivity index (χ0n) is 9.47. The lowest BCUT2D eigenvalue weighted by molar-refractivity contribution is -0.138. The van der Waals surface area contributed by atoms with E-state index in [1.54, 1.807) is 0 Å². The maximum absolute atomic E-state index is 13.5. The van der Waals surface area contributed by atoms with Crippen molar-refractivity contribution < 1.29 is 22.7 Å².